The molecule has 19 heavy (non-hydrogen) atoms. The normalized spacial score (nSPS) is 10.2. The molecule has 1 amide bonds. The number of carbonyl (C=O) groups excluding carboxylic acids is 1. The highest BCUT2D eigenvalue weighted by Crippen LogP contribution is 2.12. The van der Waals surface area contributed by atoms with E-state index in [4.69, 9.17) is 0 Å². The van der Waals surface area contributed by atoms with Crippen molar-refractivity contribution in [2.24, 2.45) is 0 Å². The lowest BCUT2D eigenvalue weighted by Crippen LogP contribution is -2.23. The molecule has 2 aromatic rings. The van der Waals surface area contributed by atoms with Crippen LogP contribution in [0, 0.1) is 0 Å². The smallest absolute Gasteiger partial charge is 0.251 e. The van der Waals surface area contributed by atoms with Gasteiger partial charge in [0.05, 0.1) is 0 Å². The summed E-state index contributed by atoms with van der Waals surface area (Å²) >= 11 is 3.39. The Labute approximate surface area is 122 Å². The summed E-state index contributed by atoms with van der Waals surface area (Å²) in [5, 5.41) is 2.96. The zero-order valence-corrected chi connectivity index (χ0v) is 12.4. The number of hydrogen-bond donors (Lipinski definition) is 1. The highest BCUT2D eigenvalue weighted by Gasteiger charge is 2.08. The Hall–Kier alpha value is -1.61. The minimum Gasteiger partial charge on any atom is -0.348 e. The molecule has 0 spiro atoms. The molecule has 0 saturated carbocycles. The number of nitrogens with one attached hydrogen (secondary N) is 1. The molecule has 2 rings (SSSR count). The van der Waals surface area contributed by atoms with E-state index in [2.05, 4.69) is 28.2 Å². The number of carbonyl (C=O) groups is 1. The fourth-order valence-corrected chi connectivity index (χ4v) is 2.19. The molecule has 3 heteroatoms. The molecule has 2 aromatic carbocycles. The molecule has 0 heterocycles. The van der Waals surface area contributed by atoms with Crippen molar-refractivity contribution in [3.63, 3.8) is 0 Å². The van der Waals surface area contributed by atoms with Gasteiger partial charge in [0.25, 0.3) is 5.91 Å². The van der Waals surface area contributed by atoms with Crippen LogP contribution in [0.3, 0.4) is 0 Å². The maximum atomic E-state index is 12.1. The topological polar surface area (TPSA) is 29.1 Å². The summed E-state index contributed by atoms with van der Waals surface area (Å²) in [5.74, 6) is -0.0135. The predicted octanol–water partition coefficient (Wildman–Crippen LogP) is 3.94. The first-order valence-electron chi connectivity index (χ1n) is 6.31. The standard InChI is InChI=1S/C16H16BrNO/c1-2-13-5-3-4-6-15(13)16(19)18-11-12-7-9-14(17)10-8-12/h3-10H,2,11H2,1H3,(H,18,19). The lowest BCUT2D eigenvalue weighted by atomic mass is 10.0. The molecular weight excluding hydrogens is 302 g/mol. The van der Waals surface area contributed by atoms with Crippen molar-refractivity contribution in [3.8, 4) is 0 Å². The second-order valence-corrected chi connectivity index (χ2v) is 5.24. The number of amides is 1. The largest absolute Gasteiger partial charge is 0.348 e. The van der Waals surface area contributed by atoms with Crippen LogP contribution in [0.25, 0.3) is 0 Å². The maximum absolute atomic E-state index is 12.1. The quantitative estimate of drug-likeness (QED) is 0.909. The number of halogens is 1. The average Bonchev–Trinajstić information content (AvgIpc) is 2.46. The molecule has 0 aromatic heterocycles. The van der Waals surface area contributed by atoms with Crippen LogP contribution in [-0.4, -0.2) is 5.91 Å². The van der Waals surface area contributed by atoms with E-state index in [-0.39, 0.29) is 5.91 Å². The Morgan fingerprint density at radius 2 is 1.79 bits per heavy atom. The maximum Gasteiger partial charge on any atom is 0.251 e. The highest BCUT2D eigenvalue weighted by molar-refractivity contribution is 9.10. The molecule has 0 atom stereocenters. The summed E-state index contributed by atoms with van der Waals surface area (Å²) in [5.41, 5.74) is 2.93. The molecule has 0 bridgehead atoms. The number of hydrogen-bond acceptors (Lipinski definition) is 1. The van der Waals surface area contributed by atoms with Gasteiger partial charge in [-0.25, -0.2) is 0 Å². The molecule has 98 valence electrons. The van der Waals surface area contributed by atoms with Crippen LogP contribution < -0.4 is 5.32 Å². The predicted molar refractivity (Wildman–Crippen MR) is 81.1 cm³/mol. The van der Waals surface area contributed by atoms with Crippen molar-refractivity contribution in [1.29, 1.82) is 0 Å². The van der Waals surface area contributed by atoms with Crippen LogP contribution in [0.5, 0.6) is 0 Å². The van der Waals surface area contributed by atoms with Gasteiger partial charge in [0, 0.05) is 16.6 Å². The van der Waals surface area contributed by atoms with Crippen molar-refractivity contribution in [1.82, 2.24) is 5.32 Å². The number of rotatable bonds is 4. The van der Waals surface area contributed by atoms with E-state index in [1.165, 1.54) is 0 Å². The van der Waals surface area contributed by atoms with E-state index < -0.39 is 0 Å². The van der Waals surface area contributed by atoms with Gasteiger partial charge in [-0.05, 0) is 35.7 Å². The fraction of sp³-hybridized carbons (Fsp3) is 0.188. The van der Waals surface area contributed by atoms with Crippen LogP contribution in [0.2, 0.25) is 0 Å². The van der Waals surface area contributed by atoms with Crippen LogP contribution in [0.4, 0.5) is 0 Å². The van der Waals surface area contributed by atoms with Gasteiger partial charge in [-0.15, -0.1) is 0 Å². The van der Waals surface area contributed by atoms with Gasteiger partial charge < -0.3 is 5.32 Å². The van der Waals surface area contributed by atoms with Gasteiger partial charge in [-0.2, -0.15) is 0 Å². The van der Waals surface area contributed by atoms with Crippen molar-refractivity contribution in [2.75, 3.05) is 0 Å². The molecular formula is C16H16BrNO. The molecule has 0 aliphatic rings. The van der Waals surface area contributed by atoms with Crippen LogP contribution in [0.15, 0.2) is 53.0 Å². The van der Waals surface area contributed by atoms with Crippen molar-refractivity contribution in [2.45, 2.75) is 19.9 Å². The van der Waals surface area contributed by atoms with Gasteiger partial charge in [0.1, 0.15) is 0 Å². The number of benzene rings is 2. The van der Waals surface area contributed by atoms with Gasteiger partial charge in [-0.1, -0.05) is 53.2 Å². The summed E-state index contributed by atoms with van der Waals surface area (Å²) in [6.07, 6.45) is 0.863. The summed E-state index contributed by atoms with van der Waals surface area (Å²) < 4.78 is 1.04. The van der Waals surface area contributed by atoms with Gasteiger partial charge >= 0.3 is 0 Å². The van der Waals surface area contributed by atoms with E-state index in [0.717, 1.165) is 27.6 Å². The Balaban J connectivity index is 2.03. The second-order valence-electron chi connectivity index (χ2n) is 4.32. The third-order valence-electron chi connectivity index (χ3n) is 3.01. The van der Waals surface area contributed by atoms with Gasteiger partial charge in [-0.3, -0.25) is 4.79 Å². The Morgan fingerprint density at radius 3 is 2.47 bits per heavy atom. The van der Waals surface area contributed by atoms with E-state index in [9.17, 15) is 4.79 Å². The molecule has 0 saturated heterocycles. The van der Waals surface area contributed by atoms with Crippen molar-refractivity contribution < 1.29 is 4.79 Å². The Kier molecular flexibility index (Phi) is 4.74. The molecule has 1 N–H and O–H groups in total. The minimum absolute atomic E-state index is 0.0135. The molecule has 0 fully saturated rings. The number of aryl methyl sites for hydroxylation is 1. The monoisotopic (exact) mass is 317 g/mol. The second kappa shape index (κ2) is 6.53. The molecule has 2 nitrogen and oxygen atoms in total. The fourth-order valence-electron chi connectivity index (χ4n) is 1.93. The van der Waals surface area contributed by atoms with Crippen LogP contribution in [-0.2, 0) is 13.0 Å². The Morgan fingerprint density at radius 1 is 1.11 bits per heavy atom. The van der Waals surface area contributed by atoms with E-state index in [0.29, 0.717) is 6.54 Å². The average molecular weight is 318 g/mol. The van der Waals surface area contributed by atoms with Crippen LogP contribution >= 0.6 is 15.9 Å². The lowest BCUT2D eigenvalue weighted by Gasteiger charge is -2.09. The third kappa shape index (κ3) is 3.67. The first-order chi connectivity index (χ1) is 9.20. The van der Waals surface area contributed by atoms with Crippen LogP contribution in [0.1, 0.15) is 28.4 Å². The van der Waals surface area contributed by atoms with Crippen molar-refractivity contribution >= 4 is 21.8 Å². The summed E-state index contributed by atoms with van der Waals surface area (Å²) in [6, 6.07) is 15.7. The summed E-state index contributed by atoms with van der Waals surface area (Å²) in [7, 11) is 0. The highest BCUT2D eigenvalue weighted by atomic mass is 79.9. The first kappa shape index (κ1) is 13.8. The molecule has 0 unspecified atom stereocenters. The molecule has 0 aliphatic heterocycles. The van der Waals surface area contributed by atoms with E-state index >= 15 is 0 Å². The zero-order chi connectivity index (χ0) is 13.7. The summed E-state index contributed by atoms with van der Waals surface area (Å²) in [4.78, 5) is 12.1. The SMILES string of the molecule is CCc1ccccc1C(=O)NCc1ccc(Br)cc1. The zero-order valence-electron chi connectivity index (χ0n) is 10.8. The van der Waals surface area contributed by atoms with Gasteiger partial charge in [0.15, 0.2) is 0 Å². The molecule has 0 radical (unpaired) electrons. The molecule has 0 aliphatic carbocycles. The van der Waals surface area contributed by atoms with Crippen molar-refractivity contribution in [3.05, 3.63) is 69.7 Å². The first-order valence-corrected chi connectivity index (χ1v) is 7.10. The lowest BCUT2D eigenvalue weighted by molar-refractivity contribution is 0.0950. The summed E-state index contributed by atoms with van der Waals surface area (Å²) in [6.45, 7) is 2.60. The van der Waals surface area contributed by atoms with Gasteiger partial charge in [0.2, 0.25) is 0 Å². The third-order valence-corrected chi connectivity index (χ3v) is 3.54. The van der Waals surface area contributed by atoms with E-state index in [1.54, 1.807) is 0 Å². The Bertz CT molecular complexity index is 563. The van der Waals surface area contributed by atoms with E-state index in [1.807, 2.05) is 48.5 Å². The minimum atomic E-state index is -0.0135.